The number of hydrogen-bond donors (Lipinski definition) is 1. The standard InChI is InChI=1S/C10H16N4/c1-7(2)4-8(3)14-10(12)9(5-11)6-13-14/h6-8H,4,12H2,1-3H3. The molecule has 1 heterocycles. The Bertz CT molecular complexity index is 345. The minimum Gasteiger partial charge on any atom is -0.383 e. The molecule has 0 aliphatic rings. The van der Waals surface area contributed by atoms with Crippen molar-refractivity contribution in [3.05, 3.63) is 11.8 Å². The Morgan fingerprint density at radius 3 is 2.64 bits per heavy atom. The van der Waals surface area contributed by atoms with Crippen LogP contribution in [0.2, 0.25) is 0 Å². The Balaban J connectivity index is 2.86. The van der Waals surface area contributed by atoms with Crippen molar-refractivity contribution >= 4 is 5.82 Å². The van der Waals surface area contributed by atoms with E-state index in [1.54, 1.807) is 4.68 Å². The van der Waals surface area contributed by atoms with Gasteiger partial charge >= 0.3 is 0 Å². The van der Waals surface area contributed by atoms with Crippen molar-refractivity contribution in [2.24, 2.45) is 5.92 Å². The van der Waals surface area contributed by atoms with Crippen molar-refractivity contribution < 1.29 is 0 Å². The molecule has 4 heteroatoms. The normalized spacial score (nSPS) is 12.8. The second-order valence-corrected chi connectivity index (χ2v) is 3.98. The third kappa shape index (κ3) is 2.05. The molecular formula is C10H16N4. The SMILES string of the molecule is CC(C)CC(C)n1ncc(C#N)c1N. The van der Waals surface area contributed by atoms with E-state index in [-0.39, 0.29) is 6.04 Å². The summed E-state index contributed by atoms with van der Waals surface area (Å²) < 4.78 is 1.72. The van der Waals surface area contributed by atoms with Crippen molar-refractivity contribution in [3.63, 3.8) is 0 Å². The van der Waals surface area contributed by atoms with Gasteiger partial charge in [0, 0.05) is 0 Å². The lowest BCUT2D eigenvalue weighted by atomic mass is 10.1. The molecule has 0 amide bonds. The number of nitriles is 1. The molecule has 1 aromatic heterocycles. The number of nitrogen functional groups attached to an aromatic ring is 1. The first kappa shape index (κ1) is 10.6. The molecule has 0 radical (unpaired) electrons. The van der Waals surface area contributed by atoms with Crippen LogP contribution in [-0.2, 0) is 0 Å². The maximum atomic E-state index is 8.71. The summed E-state index contributed by atoms with van der Waals surface area (Å²) in [6.45, 7) is 6.37. The molecule has 0 aliphatic heterocycles. The second kappa shape index (κ2) is 4.14. The van der Waals surface area contributed by atoms with Crippen molar-refractivity contribution in [1.29, 1.82) is 5.26 Å². The van der Waals surface area contributed by atoms with E-state index in [2.05, 4.69) is 25.9 Å². The zero-order valence-corrected chi connectivity index (χ0v) is 8.86. The van der Waals surface area contributed by atoms with Gasteiger partial charge in [0.1, 0.15) is 17.5 Å². The lowest BCUT2D eigenvalue weighted by molar-refractivity contribution is 0.402. The lowest BCUT2D eigenvalue weighted by Gasteiger charge is -2.15. The highest BCUT2D eigenvalue weighted by molar-refractivity contribution is 5.47. The summed E-state index contributed by atoms with van der Waals surface area (Å²) in [5.74, 6) is 1.07. The van der Waals surface area contributed by atoms with Crippen LogP contribution in [0, 0.1) is 17.2 Å². The van der Waals surface area contributed by atoms with Crippen LogP contribution in [0.5, 0.6) is 0 Å². The Morgan fingerprint density at radius 2 is 2.21 bits per heavy atom. The van der Waals surface area contributed by atoms with E-state index in [9.17, 15) is 0 Å². The van der Waals surface area contributed by atoms with Gasteiger partial charge in [0.15, 0.2) is 0 Å². The molecule has 76 valence electrons. The van der Waals surface area contributed by atoms with Crippen LogP contribution >= 0.6 is 0 Å². The van der Waals surface area contributed by atoms with Crippen LogP contribution in [-0.4, -0.2) is 9.78 Å². The Labute approximate surface area is 84.3 Å². The molecule has 0 aliphatic carbocycles. The Hall–Kier alpha value is -1.50. The van der Waals surface area contributed by atoms with Crippen molar-refractivity contribution in [3.8, 4) is 6.07 Å². The van der Waals surface area contributed by atoms with Gasteiger partial charge in [-0.1, -0.05) is 13.8 Å². The maximum absolute atomic E-state index is 8.71. The Kier molecular flexibility index (Phi) is 3.13. The maximum Gasteiger partial charge on any atom is 0.140 e. The summed E-state index contributed by atoms with van der Waals surface area (Å²) >= 11 is 0. The van der Waals surface area contributed by atoms with E-state index >= 15 is 0 Å². The predicted molar refractivity (Wildman–Crippen MR) is 55.5 cm³/mol. The summed E-state index contributed by atoms with van der Waals surface area (Å²) in [4.78, 5) is 0. The predicted octanol–water partition coefficient (Wildman–Crippen LogP) is 1.94. The molecular weight excluding hydrogens is 176 g/mol. The number of nitrogens with zero attached hydrogens (tertiary/aromatic N) is 3. The summed E-state index contributed by atoms with van der Waals surface area (Å²) in [6, 6.07) is 2.26. The molecule has 14 heavy (non-hydrogen) atoms. The highest BCUT2D eigenvalue weighted by Crippen LogP contribution is 2.21. The van der Waals surface area contributed by atoms with Crippen LogP contribution in [0.4, 0.5) is 5.82 Å². The monoisotopic (exact) mass is 192 g/mol. The van der Waals surface area contributed by atoms with Crippen molar-refractivity contribution in [2.75, 3.05) is 5.73 Å². The minimum absolute atomic E-state index is 0.247. The summed E-state index contributed by atoms with van der Waals surface area (Å²) in [5, 5.41) is 12.8. The van der Waals surface area contributed by atoms with Crippen molar-refractivity contribution in [2.45, 2.75) is 33.2 Å². The summed E-state index contributed by atoms with van der Waals surface area (Å²) in [5.41, 5.74) is 6.23. The van der Waals surface area contributed by atoms with Gasteiger partial charge < -0.3 is 5.73 Å². The summed E-state index contributed by atoms with van der Waals surface area (Å²) in [7, 11) is 0. The largest absolute Gasteiger partial charge is 0.383 e. The van der Waals surface area contributed by atoms with Gasteiger partial charge in [-0.05, 0) is 19.3 Å². The van der Waals surface area contributed by atoms with Gasteiger partial charge in [-0.2, -0.15) is 10.4 Å². The van der Waals surface area contributed by atoms with E-state index in [4.69, 9.17) is 11.0 Å². The number of anilines is 1. The third-order valence-corrected chi connectivity index (χ3v) is 2.18. The molecule has 1 aromatic rings. The molecule has 2 N–H and O–H groups in total. The first-order valence-corrected chi connectivity index (χ1v) is 4.79. The molecule has 0 bridgehead atoms. The van der Waals surface area contributed by atoms with Crippen molar-refractivity contribution in [1.82, 2.24) is 9.78 Å². The lowest BCUT2D eigenvalue weighted by Crippen LogP contribution is -2.12. The van der Waals surface area contributed by atoms with Crippen LogP contribution in [0.1, 0.15) is 38.8 Å². The van der Waals surface area contributed by atoms with Crippen LogP contribution < -0.4 is 5.73 Å². The highest BCUT2D eigenvalue weighted by atomic mass is 15.3. The molecule has 1 atom stereocenters. The average molecular weight is 192 g/mol. The molecule has 1 unspecified atom stereocenters. The molecule has 1 rings (SSSR count). The topological polar surface area (TPSA) is 67.6 Å². The molecule has 0 saturated carbocycles. The van der Waals surface area contributed by atoms with Crippen LogP contribution in [0.3, 0.4) is 0 Å². The molecule has 4 nitrogen and oxygen atoms in total. The van der Waals surface area contributed by atoms with E-state index in [1.807, 2.05) is 6.07 Å². The van der Waals surface area contributed by atoms with E-state index in [0.717, 1.165) is 6.42 Å². The zero-order valence-electron chi connectivity index (χ0n) is 8.86. The Morgan fingerprint density at radius 1 is 1.57 bits per heavy atom. The van der Waals surface area contributed by atoms with Gasteiger partial charge in [-0.15, -0.1) is 0 Å². The fraction of sp³-hybridized carbons (Fsp3) is 0.600. The van der Waals surface area contributed by atoms with Gasteiger partial charge in [0.25, 0.3) is 0 Å². The number of rotatable bonds is 3. The van der Waals surface area contributed by atoms with Gasteiger partial charge in [-0.25, -0.2) is 4.68 Å². The van der Waals surface area contributed by atoms with Crippen LogP contribution in [0.25, 0.3) is 0 Å². The second-order valence-electron chi connectivity index (χ2n) is 3.98. The quantitative estimate of drug-likeness (QED) is 0.795. The number of aromatic nitrogens is 2. The first-order chi connectivity index (χ1) is 6.56. The highest BCUT2D eigenvalue weighted by Gasteiger charge is 2.13. The number of nitrogens with two attached hydrogens (primary N) is 1. The number of hydrogen-bond acceptors (Lipinski definition) is 3. The van der Waals surface area contributed by atoms with E-state index in [1.165, 1.54) is 6.20 Å². The average Bonchev–Trinajstić information content (AvgIpc) is 2.45. The zero-order chi connectivity index (χ0) is 10.7. The molecule has 0 aromatic carbocycles. The molecule has 0 fully saturated rings. The molecule has 0 spiro atoms. The van der Waals surface area contributed by atoms with Crippen LogP contribution in [0.15, 0.2) is 6.20 Å². The fourth-order valence-corrected chi connectivity index (χ4v) is 1.59. The van der Waals surface area contributed by atoms with Gasteiger partial charge in [0.2, 0.25) is 0 Å². The smallest absolute Gasteiger partial charge is 0.140 e. The molecule has 0 saturated heterocycles. The van der Waals surface area contributed by atoms with Gasteiger partial charge in [-0.3, -0.25) is 0 Å². The minimum atomic E-state index is 0.247. The van der Waals surface area contributed by atoms with Gasteiger partial charge in [0.05, 0.1) is 12.2 Å². The third-order valence-electron chi connectivity index (χ3n) is 2.18. The fourth-order valence-electron chi connectivity index (χ4n) is 1.59. The first-order valence-electron chi connectivity index (χ1n) is 4.79. The van der Waals surface area contributed by atoms with E-state index in [0.29, 0.717) is 17.3 Å². The summed E-state index contributed by atoms with van der Waals surface area (Å²) in [6.07, 6.45) is 2.53. The van der Waals surface area contributed by atoms with E-state index < -0.39 is 0 Å².